The molecule has 10 heteroatoms. The third kappa shape index (κ3) is 3.21. The predicted molar refractivity (Wildman–Crippen MR) is 70.4 cm³/mol. The average Bonchev–Trinajstić information content (AvgIpc) is 2.86. The lowest BCUT2D eigenvalue weighted by Gasteiger charge is -2.12. The average molecular weight is 313 g/mol. The molecule has 1 aliphatic heterocycles. The number of aromatic nitrogens is 2. The lowest BCUT2D eigenvalue weighted by Crippen LogP contribution is -2.44. The Kier molecular flexibility index (Phi) is 4.26. The zero-order valence-electron chi connectivity index (χ0n) is 10.6. The van der Waals surface area contributed by atoms with Crippen molar-refractivity contribution in [1.82, 2.24) is 14.9 Å². The summed E-state index contributed by atoms with van der Waals surface area (Å²) >= 11 is 1.38. The summed E-state index contributed by atoms with van der Waals surface area (Å²) in [4.78, 5) is 49.4. The van der Waals surface area contributed by atoms with Crippen molar-refractivity contribution in [3.8, 4) is 0 Å². The van der Waals surface area contributed by atoms with Gasteiger partial charge in [0.25, 0.3) is 11.5 Å². The fraction of sp³-hybridized carbons (Fsp3) is 0.364. The third-order valence-electron chi connectivity index (χ3n) is 2.78. The minimum absolute atomic E-state index is 0.308. The molecule has 2 rings (SSSR count). The number of rotatable bonds is 5. The Bertz CT molecular complexity index is 670. The van der Waals surface area contributed by atoms with Crippen LogP contribution in [-0.2, 0) is 16.1 Å². The van der Waals surface area contributed by atoms with E-state index in [1.165, 1.54) is 16.3 Å². The molecule has 0 spiro atoms. The van der Waals surface area contributed by atoms with Crippen molar-refractivity contribution in [3.05, 3.63) is 22.1 Å². The first-order valence-electron chi connectivity index (χ1n) is 5.88. The Hall–Kier alpha value is -2.36. The zero-order chi connectivity index (χ0) is 15.6. The number of carboxylic acids is 2. The monoisotopic (exact) mass is 313 g/mol. The smallest absolute Gasteiger partial charge is 0.326 e. The van der Waals surface area contributed by atoms with Gasteiger partial charge >= 0.3 is 11.9 Å². The molecule has 112 valence electrons. The van der Waals surface area contributed by atoms with Gasteiger partial charge in [0, 0.05) is 18.5 Å². The van der Waals surface area contributed by atoms with Crippen molar-refractivity contribution >= 4 is 29.6 Å². The van der Waals surface area contributed by atoms with Crippen LogP contribution >= 0.6 is 11.8 Å². The fourth-order valence-corrected chi connectivity index (χ4v) is 2.70. The SMILES string of the molecule is O=C(O)C[C@@H](NC(=O)c1cnc2n(c1=O)CCS2)C(=O)O. The van der Waals surface area contributed by atoms with Gasteiger partial charge in [0.1, 0.15) is 11.6 Å². The summed E-state index contributed by atoms with van der Waals surface area (Å²) in [5.41, 5.74) is -0.875. The van der Waals surface area contributed by atoms with Crippen molar-refractivity contribution < 1.29 is 24.6 Å². The standard InChI is InChI=1S/C11H11N3O6S/c15-7(16)3-6(10(19)20)13-8(17)5-4-12-11-14(9(5)18)1-2-21-11/h4,6H,1-3H2,(H,13,17)(H,15,16)(H,19,20)/t6-/m1/s1. The Labute approximate surface area is 122 Å². The minimum atomic E-state index is -1.61. The van der Waals surface area contributed by atoms with Gasteiger partial charge in [-0.1, -0.05) is 11.8 Å². The van der Waals surface area contributed by atoms with E-state index in [1.807, 2.05) is 5.32 Å². The number of nitrogens with one attached hydrogen (secondary N) is 1. The number of carboxylic acid groups (broad SMARTS) is 2. The van der Waals surface area contributed by atoms with E-state index in [0.717, 1.165) is 6.20 Å². The molecule has 0 bridgehead atoms. The number of fused-ring (bicyclic) bond motifs is 1. The number of thioether (sulfide) groups is 1. The van der Waals surface area contributed by atoms with Gasteiger partial charge in [-0.25, -0.2) is 9.78 Å². The molecule has 1 atom stereocenters. The normalized spacial score (nSPS) is 14.3. The second kappa shape index (κ2) is 5.95. The molecular formula is C11H11N3O6S. The van der Waals surface area contributed by atoms with Crippen LogP contribution in [0.4, 0.5) is 0 Å². The molecule has 0 radical (unpaired) electrons. The van der Waals surface area contributed by atoms with E-state index < -0.39 is 35.9 Å². The van der Waals surface area contributed by atoms with Crippen molar-refractivity contribution in [2.24, 2.45) is 0 Å². The Morgan fingerprint density at radius 2 is 2.14 bits per heavy atom. The Balaban J connectivity index is 2.22. The highest BCUT2D eigenvalue weighted by Gasteiger charge is 2.26. The van der Waals surface area contributed by atoms with Crippen LogP contribution in [0.15, 0.2) is 16.1 Å². The van der Waals surface area contributed by atoms with Crippen molar-refractivity contribution in [2.45, 2.75) is 24.2 Å². The first-order valence-corrected chi connectivity index (χ1v) is 6.87. The van der Waals surface area contributed by atoms with Crippen LogP contribution in [0.1, 0.15) is 16.8 Å². The zero-order valence-corrected chi connectivity index (χ0v) is 11.4. The summed E-state index contributed by atoms with van der Waals surface area (Å²) in [5, 5.41) is 20.0. The first kappa shape index (κ1) is 15.0. The first-order chi connectivity index (χ1) is 9.90. The Morgan fingerprint density at radius 1 is 1.43 bits per heavy atom. The highest BCUT2D eigenvalue weighted by atomic mass is 32.2. The van der Waals surface area contributed by atoms with E-state index in [2.05, 4.69) is 4.98 Å². The van der Waals surface area contributed by atoms with Gasteiger partial charge in [-0.05, 0) is 0 Å². The van der Waals surface area contributed by atoms with Gasteiger partial charge in [-0.3, -0.25) is 19.0 Å². The second-order valence-electron chi connectivity index (χ2n) is 4.22. The highest BCUT2D eigenvalue weighted by Crippen LogP contribution is 2.20. The summed E-state index contributed by atoms with van der Waals surface area (Å²) in [5.74, 6) is -3.14. The summed E-state index contributed by atoms with van der Waals surface area (Å²) in [6, 6.07) is -1.61. The minimum Gasteiger partial charge on any atom is -0.481 e. The van der Waals surface area contributed by atoms with Crippen molar-refractivity contribution in [3.63, 3.8) is 0 Å². The summed E-state index contributed by atoms with van der Waals surface area (Å²) in [7, 11) is 0. The fourth-order valence-electron chi connectivity index (χ4n) is 1.78. The molecule has 1 aliphatic rings. The molecule has 0 unspecified atom stereocenters. The number of hydrogen-bond donors (Lipinski definition) is 3. The molecule has 0 fully saturated rings. The number of nitrogens with zero attached hydrogens (tertiary/aromatic N) is 2. The van der Waals surface area contributed by atoms with E-state index in [1.54, 1.807) is 0 Å². The van der Waals surface area contributed by atoms with Crippen LogP contribution in [0.2, 0.25) is 0 Å². The van der Waals surface area contributed by atoms with Crippen LogP contribution in [0.5, 0.6) is 0 Å². The maximum Gasteiger partial charge on any atom is 0.326 e. The number of carbonyl (C=O) groups is 3. The molecule has 2 heterocycles. The highest BCUT2D eigenvalue weighted by molar-refractivity contribution is 7.99. The van der Waals surface area contributed by atoms with Crippen molar-refractivity contribution in [1.29, 1.82) is 0 Å². The van der Waals surface area contributed by atoms with E-state index in [9.17, 15) is 19.2 Å². The molecule has 0 aromatic carbocycles. The topological polar surface area (TPSA) is 139 Å². The van der Waals surface area contributed by atoms with Gasteiger partial charge in [-0.15, -0.1) is 0 Å². The summed E-state index contributed by atoms with van der Waals surface area (Å²) < 4.78 is 1.33. The maximum atomic E-state index is 12.1. The number of carbonyl (C=O) groups excluding carboxylic acids is 1. The summed E-state index contributed by atoms with van der Waals surface area (Å²) in [6.07, 6.45) is 0.290. The second-order valence-corrected chi connectivity index (χ2v) is 5.28. The molecule has 1 amide bonds. The summed E-state index contributed by atoms with van der Waals surface area (Å²) in [6.45, 7) is 0.421. The van der Waals surface area contributed by atoms with E-state index >= 15 is 0 Å². The molecule has 1 aromatic rings. The van der Waals surface area contributed by atoms with Crippen molar-refractivity contribution in [2.75, 3.05) is 5.75 Å². The number of hydrogen-bond acceptors (Lipinski definition) is 6. The van der Waals surface area contributed by atoms with E-state index in [0.29, 0.717) is 17.5 Å². The predicted octanol–water partition coefficient (Wildman–Crippen LogP) is -0.993. The van der Waals surface area contributed by atoms with Crippen LogP contribution < -0.4 is 10.9 Å². The molecule has 1 aromatic heterocycles. The quantitative estimate of drug-likeness (QED) is 0.589. The lowest BCUT2D eigenvalue weighted by molar-refractivity contribution is -0.145. The van der Waals surface area contributed by atoms with Gasteiger partial charge in [0.2, 0.25) is 0 Å². The van der Waals surface area contributed by atoms with E-state index in [-0.39, 0.29) is 5.56 Å². The molecule has 0 saturated heterocycles. The van der Waals surface area contributed by atoms with Gasteiger partial charge in [0.15, 0.2) is 5.16 Å². The van der Waals surface area contributed by atoms with E-state index in [4.69, 9.17) is 10.2 Å². The number of aliphatic carboxylic acids is 2. The third-order valence-corrected chi connectivity index (χ3v) is 3.75. The largest absolute Gasteiger partial charge is 0.481 e. The molecule has 0 aliphatic carbocycles. The van der Waals surface area contributed by atoms with Gasteiger partial charge in [-0.2, -0.15) is 0 Å². The number of amides is 1. The van der Waals surface area contributed by atoms with Crippen LogP contribution in [0.3, 0.4) is 0 Å². The lowest BCUT2D eigenvalue weighted by atomic mass is 10.2. The van der Waals surface area contributed by atoms with Crippen LogP contribution in [0, 0.1) is 0 Å². The van der Waals surface area contributed by atoms with Gasteiger partial charge in [0.05, 0.1) is 6.42 Å². The van der Waals surface area contributed by atoms with Crippen LogP contribution in [-0.4, -0.2) is 49.4 Å². The molecule has 9 nitrogen and oxygen atoms in total. The Morgan fingerprint density at radius 3 is 2.76 bits per heavy atom. The molecule has 21 heavy (non-hydrogen) atoms. The molecular weight excluding hydrogens is 302 g/mol. The van der Waals surface area contributed by atoms with Gasteiger partial charge < -0.3 is 15.5 Å². The molecule has 0 saturated carbocycles. The maximum absolute atomic E-state index is 12.1. The molecule has 3 N–H and O–H groups in total. The van der Waals surface area contributed by atoms with Crippen LogP contribution in [0.25, 0.3) is 0 Å².